The molecule has 0 fully saturated rings. The predicted octanol–water partition coefficient (Wildman–Crippen LogP) is 3.26. The van der Waals surface area contributed by atoms with E-state index in [2.05, 4.69) is 5.32 Å². The van der Waals surface area contributed by atoms with Crippen LogP contribution in [0, 0.1) is 11.6 Å². The summed E-state index contributed by atoms with van der Waals surface area (Å²) < 4.78 is 26.6. The van der Waals surface area contributed by atoms with Crippen molar-refractivity contribution >= 4 is 23.2 Å². The molecule has 0 spiro atoms. The Morgan fingerprint density at radius 3 is 2.40 bits per heavy atom. The average Bonchev–Trinajstić information content (AvgIpc) is 2.41. The van der Waals surface area contributed by atoms with Crippen molar-refractivity contribution in [1.29, 1.82) is 0 Å². The fraction of sp³-hybridized carbons (Fsp3) is 0.0714. The molecule has 0 aromatic heterocycles. The molecule has 0 aliphatic rings. The van der Waals surface area contributed by atoms with Crippen molar-refractivity contribution in [2.24, 2.45) is 5.73 Å². The van der Waals surface area contributed by atoms with Gasteiger partial charge in [0.2, 0.25) is 5.91 Å². The Labute approximate surface area is 119 Å². The van der Waals surface area contributed by atoms with E-state index in [0.717, 1.165) is 6.07 Å². The van der Waals surface area contributed by atoms with E-state index in [1.165, 1.54) is 36.4 Å². The van der Waals surface area contributed by atoms with Crippen LogP contribution in [0.15, 0.2) is 42.5 Å². The van der Waals surface area contributed by atoms with E-state index in [1.54, 1.807) is 0 Å². The second-order valence-corrected chi connectivity index (χ2v) is 4.59. The minimum Gasteiger partial charge on any atom is -0.370 e. The standard InChI is InChI=1S/C14H11ClF2N2O/c15-8-1-6-12(17)11(7-8)13(14(18)20)19-10-4-2-9(16)3-5-10/h1-7,13,19H,(H2,18,20). The van der Waals surface area contributed by atoms with Crippen molar-refractivity contribution in [2.45, 2.75) is 6.04 Å². The van der Waals surface area contributed by atoms with Gasteiger partial charge in [0, 0.05) is 16.3 Å². The van der Waals surface area contributed by atoms with Crippen LogP contribution in [-0.2, 0) is 4.79 Å². The van der Waals surface area contributed by atoms with Crippen molar-refractivity contribution in [3.05, 3.63) is 64.7 Å². The lowest BCUT2D eigenvalue weighted by molar-refractivity contribution is -0.118. The molecule has 3 nitrogen and oxygen atoms in total. The first-order valence-corrected chi connectivity index (χ1v) is 6.11. The summed E-state index contributed by atoms with van der Waals surface area (Å²) in [5.74, 6) is -1.79. The smallest absolute Gasteiger partial charge is 0.244 e. The van der Waals surface area contributed by atoms with Gasteiger partial charge in [-0.25, -0.2) is 8.78 Å². The van der Waals surface area contributed by atoms with Gasteiger partial charge in [-0.2, -0.15) is 0 Å². The number of rotatable bonds is 4. The lowest BCUT2D eigenvalue weighted by Gasteiger charge is -2.18. The van der Waals surface area contributed by atoms with E-state index in [4.69, 9.17) is 17.3 Å². The van der Waals surface area contributed by atoms with Crippen molar-refractivity contribution in [2.75, 3.05) is 5.32 Å². The second kappa shape index (κ2) is 5.88. The highest BCUT2D eigenvalue weighted by molar-refractivity contribution is 6.30. The maximum absolute atomic E-state index is 13.8. The van der Waals surface area contributed by atoms with Gasteiger partial charge in [0.25, 0.3) is 0 Å². The molecular formula is C14H11ClF2N2O. The van der Waals surface area contributed by atoms with Crippen LogP contribution in [0.1, 0.15) is 11.6 Å². The van der Waals surface area contributed by atoms with Crippen LogP contribution in [-0.4, -0.2) is 5.91 Å². The minimum atomic E-state index is -1.10. The molecule has 0 saturated carbocycles. The summed E-state index contributed by atoms with van der Waals surface area (Å²) in [6.07, 6.45) is 0. The Morgan fingerprint density at radius 2 is 1.80 bits per heavy atom. The number of primary amides is 1. The van der Waals surface area contributed by atoms with Crippen molar-refractivity contribution in [3.63, 3.8) is 0 Å². The van der Waals surface area contributed by atoms with Gasteiger partial charge in [-0.1, -0.05) is 11.6 Å². The molecule has 3 N–H and O–H groups in total. The molecule has 0 aliphatic carbocycles. The maximum atomic E-state index is 13.8. The third-order valence-corrected chi connectivity index (χ3v) is 2.94. The predicted molar refractivity (Wildman–Crippen MR) is 73.4 cm³/mol. The highest BCUT2D eigenvalue weighted by Gasteiger charge is 2.21. The van der Waals surface area contributed by atoms with Crippen LogP contribution in [0.3, 0.4) is 0 Å². The molecule has 104 valence electrons. The number of carbonyl (C=O) groups is 1. The minimum absolute atomic E-state index is 0.0364. The van der Waals surface area contributed by atoms with Gasteiger partial charge in [-0.05, 0) is 42.5 Å². The highest BCUT2D eigenvalue weighted by Crippen LogP contribution is 2.25. The van der Waals surface area contributed by atoms with Crippen molar-refractivity contribution in [3.8, 4) is 0 Å². The topological polar surface area (TPSA) is 55.1 Å². The van der Waals surface area contributed by atoms with E-state index in [1.807, 2.05) is 0 Å². The van der Waals surface area contributed by atoms with Gasteiger partial charge in [-0.3, -0.25) is 4.79 Å². The molecule has 0 bridgehead atoms. The van der Waals surface area contributed by atoms with Gasteiger partial charge in [0.15, 0.2) is 0 Å². The number of nitrogens with one attached hydrogen (secondary N) is 1. The molecule has 0 aliphatic heterocycles. The van der Waals surface area contributed by atoms with Gasteiger partial charge in [0.1, 0.15) is 17.7 Å². The molecule has 6 heteroatoms. The highest BCUT2D eigenvalue weighted by atomic mass is 35.5. The number of nitrogens with two attached hydrogens (primary N) is 1. The molecule has 2 rings (SSSR count). The molecule has 1 atom stereocenters. The summed E-state index contributed by atoms with van der Waals surface area (Å²) in [5, 5.41) is 3.04. The van der Waals surface area contributed by atoms with Crippen molar-refractivity contribution in [1.82, 2.24) is 0 Å². The Morgan fingerprint density at radius 1 is 1.15 bits per heavy atom. The van der Waals surface area contributed by atoms with Crippen LogP contribution in [0.2, 0.25) is 5.02 Å². The number of anilines is 1. The van der Waals surface area contributed by atoms with Crippen molar-refractivity contribution < 1.29 is 13.6 Å². The van der Waals surface area contributed by atoms with Crippen LogP contribution in [0.25, 0.3) is 0 Å². The third kappa shape index (κ3) is 3.24. The summed E-state index contributed by atoms with van der Waals surface area (Å²) in [5.41, 5.74) is 5.76. The number of amides is 1. The number of hydrogen-bond acceptors (Lipinski definition) is 2. The first-order valence-electron chi connectivity index (χ1n) is 5.74. The Bertz CT molecular complexity index is 632. The Kier molecular flexibility index (Phi) is 4.20. The fourth-order valence-electron chi connectivity index (χ4n) is 1.75. The lowest BCUT2D eigenvalue weighted by atomic mass is 10.1. The van der Waals surface area contributed by atoms with Gasteiger partial charge < -0.3 is 11.1 Å². The van der Waals surface area contributed by atoms with Crippen LogP contribution >= 0.6 is 11.6 Å². The van der Waals surface area contributed by atoms with E-state index >= 15 is 0 Å². The monoisotopic (exact) mass is 296 g/mol. The first-order chi connectivity index (χ1) is 9.47. The van der Waals surface area contributed by atoms with E-state index in [-0.39, 0.29) is 10.6 Å². The second-order valence-electron chi connectivity index (χ2n) is 4.15. The molecule has 2 aromatic carbocycles. The number of carbonyl (C=O) groups excluding carboxylic acids is 1. The van der Waals surface area contributed by atoms with Gasteiger partial charge >= 0.3 is 0 Å². The zero-order chi connectivity index (χ0) is 14.7. The van der Waals surface area contributed by atoms with Crippen LogP contribution in [0.4, 0.5) is 14.5 Å². The van der Waals surface area contributed by atoms with Crippen LogP contribution in [0.5, 0.6) is 0 Å². The normalized spacial score (nSPS) is 11.9. The quantitative estimate of drug-likeness (QED) is 0.910. The Hall–Kier alpha value is -2.14. The first kappa shape index (κ1) is 14.3. The number of halogens is 3. The van der Waals surface area contributed by atoms with Crippen LogP contribution < -0.4 is 11.1 Å². The summed E-state index contributed by atoms with van der Waals surface area (Å²) in [6.45, 7) is 0. The van der Waals surface area contributed by atoms with Gasteiger partial charge in [0.05, 0.1) is 0 Å². The molecule has 2 aromatic rings. The molecule has 0 saturated heterocycles. The summed E-state index contributed by atoms with van der Waals surface area (Å²) in [7, 11) is 0. The summed E-state index contributed by atoms with van der Waals surface area (Å²) >= 11 is 5.79. The molecule has 0 radical (unpaired) electrons. The molecule has 1 amide bonds. The SMILES string of the molecule is NC(=O)C(Nc1ccc(F)cc1)c1cc(Cl)ccc1F. The average molecular weight is 297 g/mol. The molecule has 20 heavy (non-hydrogen) atoms. The summed E-state index contributed by atoms with van der Waals surface area (Å²) in [6, 6.07) is 8.03. The number of hydrogen-bond donors (Lipinski definition) is 2. The summed E-state index contributed by atoms with van der Waals surface area (Å²) in [4.78, 5) is 11.5. The lowest BCUT2D eigenvalue weighted by Crippen LogP contribution is -2.28. The van der Waals surface area contributed by atoms with Gasteiger partial charge in [-0.15, -0.1) is 0 Å². The van der Waals surface area contributed by atoms with E-state index < -0.39 is 23.6 Å². The fourth-order valence-corrected chi connectivity index (χ4v) is 1.93. The zero-order valence-electron chi connectivity index (χ0n) is 10.2. The van der Waals surface area contributed by atoms with E-state index in [0.29, 0.717) is 5.69 Å². The Balaban J connectivity index is 2.34. The number of benzene rings is 2. The third-order valence-electron chi connectivity index (χ3n) is 2.71. The largest absolute Gasteiger partial charge is 0.370 e. The zero-order valence-corrected chi connectivity index (χ0v) is 11.0. The molecule has 1 unspecified atom stereocenters. The maximum Gasteiger partial charge on any atom is 0.244 e. The molecular weight excluding hydrogens is 286 g/mol. The molecule has 0 heterocycles. The van der Waals surface area contributed by atoms with E-state index in [9.17, 15) is 13.6 Å².